The molecule has 2 N–H and O–H groups in total. The molecule has 3 aromatic carbocycles. The van der Waals surface area contributed by atoms with Crippen molar-refractivity contribution in [3.8, 4) is 11.5 Å². The van der Waals surface area contributed by atoms with Gasteiger partial charge in [0.1, 0.15) is 13.2 Å². The summed E-state index contributed by atoms with van der Waals surface area (Å²) in [6.45, 7) is -0.267. The smallest absolute Gasteiger partial charge is 0.412 e. The zero-order valence-electron chi connectivity index (χ0n) is 17.5. The van der Waals surface area contributed by atoms with Crippen LogP contribution in [0.4, 0.5) is 21.0 Å². The molecule has 0 aromatic heterocycles. The van der Waals surface area contributed by atoms with Crippen molar-refractivity contribution < 1.29 is 28.5 Å². The Labute approximate surface area is 186 Å². The predicted octanol–water partition coefficient (Wildman–Crippen LogP) is 4.94. The van der Waals surface area contributed by atoms with Crippen LogP contribution in [0.3, 0.4) is 0 Å². The van der Waals surface area contributed by atoms with Crippen molar-refractivity contribution in [1.82, 2.24) is 0 Å². The summed E-state index contributed by atoms with van der Waals surface area (Å²) in [7, 11) is 1.53. The van der Waals surface area contributed by atoms with E-state index in [2.05, 4.69) is 10.6 Å². The fourth-order valence-electron chi connectivity index (χ4n) is 2.70. The van der Waals surface area contributed by atoms with Crippen LogP contribution in [0.5, 0.6) is 11.5 Å². The summed E-state index contributed by atoms with van der Waals surface area (Å²) in [5.41, 5.74) is 1.16. The summed E-state index contributed by atoms with van der Waals surface area (Å²) in [5, 5.41) is 5.23. The van der Waals surface area contributed by atoms with Crippen molar-refractivity contribution in [1.29, 1.82) is 0 Å². The van der Waals surface area contributed by atoms with Crippen LogP contribution >= 0.6 is 0 Å². The third-order valence-electron chi connectivity index (χ3n) is 4.21. The van der Waals surface area contributed by atoms with Gasteiger partial charge in [-0.1, -0.05) is 48.5 Å². The average Bonchev–Trinajstić information content (AvgIpc) is 2.82. The van der Waals surface area contributed by atoms with E-state index in [4.69, 9.17) is 18.9 Å². The lowest BCUT2D eigenvalue weighted by Gasteiger charge is -2.19. The summed E-state index contributed by atoms with van der Waals surface area (Å²) >= 11 is 0. The Morgan fingerprint density at radius 2 is 1.25 bits per heavy atom. The molecule has 0 saturated heterocycles. The van der Waals surface area contributed by atoms with E-state index < -0.39 is 18.3 Å². The van der Waals surface area contributed by atoms with E-state index in [0.717, 1.165) is 0 Å². The monoisotopic (exact) mass is 436 g/mol. The number of hydrogen-bond acceptors (Lipinski definition) is 6. The number of carbonyl (C=O) groups is 2. The van der Waals surface area contributed by atoms with Gasteiger partial charge in [-0.15, -0.1) is 0 Å². The Bertz CT molecular complexity index is 998. The van der Waals surface area contributed by atoms with Gasteiger partial charge in [0.25, 0.3) is 0 Å². The van der Waals surface area contributed by atoms with Gasteiger partial charge in [0.05, 0.1) is 7.11 Å². The molecule has 32 heavy (non-hydrogen) atoms. The maximum absolute atomic E-state index is 12.3. The molecule has 1 atom stereocenters. The van der Waals surface area contributed by atoms with Crippen LogP contribution in [0.15, 0.2) is 84.9 Å². The van der Waals surface area contributed by atoms with Crippen LogP contribution in [0.25, 0.3) is 0 Å². The van der Waals surface area contributed by atoms with Gasteiger partial charge in [0, 0.05) is 11.4 Å². The van der Waals surface area contributed by atoms with Gasteiger partial charge in [0.15, 0.2) is 17.6 Å². The van der Waals surface area contributed by atoms with Crippen molar-refractivity contribution in [2.45, 2.75) is 6.10 Å². The first kappa shape index (κ1) is 22.5. The highest BCUT2D eigenvalue weighted by molar-refractivity contribution is 5.85. The number of hydrogen-bond donors (Lipinski definition) is 2. The second kappa shape index (κ2) is 11.8. The van der Waals surface area contributed by atoms with E-state index >= 15 is 0 Å². The molecule has 166 valence electrons. The number of para-hydroxylation sites is 4. The molecule has 0 saturated carbocycles. The third-order valence-corrected chi connectivity index (χ3v) is 4.21. The molecule has 0 heterocycles. The summed E-state index contributed by atoms with van der Waals surface area (Å²) in [5.74, 6) is 1.00. The molecule has 0 bridgehead atoms. The zero-order valence-corrected chi connectivity index (χ0v) is 17.5. The third kappa shape index (κ3) is 7.24. The average molecular weight is 436 g/mol. The van der Waals surface area contributed by atoms with Gasteiger partial charge in [-0.05, 0) is 36.4 Å². The molecule has 0 aliphatic carbocycles. The van der Waals surface area contributed by atoms with Crippen LogP contribution in [0, 0.1) is 0 Å². The molecular weight excluding hydrogens is 412 g/mol. The normalized spacial score (nSPS) is 11.0. The Hall–Kier alpha value is -4.20. The molecule has 2 amide bonds. The fourth-order valence-corrected chi connectivity index (χ4v) is 2.70. The SMILES string of the molecule is COc1ccccc1OC[C@@H](COC(=O)Nc1ccccc1)OC(=O)Nc1ccccc1. The molecule has 0 fully saturated rings. The molecule has 3 aromatic rings. The van der Waals surface area contributed by atoms with Crippen LogP contribution in [0.2, 0.25) is 0 Å². The number of rotatable bonds is 9. The maximum atomic E-state index is 12.3. The van der Waals surface area contributed by atoms with Crippen molar-refractivity contribution in [3.05, 3.63) is 84.9 Å². The van der Waals surface area contributed by atoms with Gasteiger partial charge < -0.3 is 18.9 Å². The summed E-state index contributed by atoms with van der Waals surface area (Å²) in [6, 6.07) is 24.8. The minimum absolute atomic E-state index is 0.0544. The van der Waals surface area contributed by atoms with Crippen LogP contribution in [0.1, 0.15) is 0 Å². The Morgan fingerprint density at radius 3 is 1.84 bits per heavy atom. The number of carbonyl (C=O) groups excluding carboxylic acids is 2. The molecule has 0 unspecified atom stereocenters. The van der Waals surface area contributed by atoms with Gasteiger partial charge in [-0.25, -0.2) is 9.59 Å². The second-order valence-electron chi connectivity index (χ2n) is 6.57. The van der Waals surface area contributed by atoms with E-state index in [0.29, 0.717) is 22.9 Å². The lowest BCUT2D eigenvalue weighted by Crippen LogP contribution is -2.33. The first-order valence-electron chi connectivity index (χ1n) is 9.91. The summed E-state index contributed by atoms with van der Waals surface area (Å²) < 4.78 is 21.7. The Kier molecular flexibility index (Phi) is 8.33. The van der Waals surface area contributed by atoms with Crippen molar-refractivity contribution >= 4 is 23.6 Å². The number of nitrogens with one attached hydrogen (secondary N) is 2. The minimum atomic E-state index is -0.870. The molecule has 3 rings (SSSR count). The van der Waals surface area contributed by atoms with E-state index in [1.807, 2.05) is 18.2 Å². The first-order chi connectivity index (χ1) is 15.6. The predicted molar refractivity (Wildman–Crippen MR) is 120 cm³/mol. The highest BCUT2D eigenvalue weighted by Crippen LogP contribution is 2.26. The molecule has 0 aliphatic rings. The van der Waals surface area contributed by atoms with Crippen LogP contribution < -0.4 is 20.1 Å². The van der Waals surface area contributed by atoms with E-state index in [-0.39, 0.29) is 13.2 Å². The van der Waals surface area contributed by atoms with Gasteiger partial charge in [-0.3, -0.25) is 10.6 Å². The van der Waals surface area contributed by atoms with E-state index in [1.54, 1.807) is 66.7 Å². The zero-order chi connectivity index (χ0) is 22.6. The maximum Gasteiger partial charge on any atom is 0.412 e. The molecule has 0 radical (unpaired) electrons. The number of anilines is 2. The van der Waals surface area contributed by atoms with Gasteiger partial charge >= 0.3 is 12.2 Å². The summed E-state index contributed by atoms with van der Waals surface area (Å²) in [4.78, 5) is 24.4. The van der Waals surface area contributed by atoms with E-state index in [1.165, 1.54) is 7.11 Å². The highest BCUT2D eigenvalue weighted by Gasteiger charge is 2.19. The van der Waals surface area contributed by atoms with Crippen molar-refractivity contribution in [2.75, 3.05) is 31.0 Å². The topological polar surface area (TPSA) is 95.1 Å². The summed E-state index contributed by atoms with van der Waals surface area (Å²) in [6.07, 6.45) is -2.24. The fraction of sp³-hybridized carbons (Fsp3) is 0.167. The molecule has 8 heteroatoms. The highest BCUT2D eigenvalue weighted by atomic mass is 16.6. The molecular formula is C24H24N2O6. The standard InChI is InChI=1S/C24H24N2O6/c1-29-21-14-8-9-15-22(21)30-16-20(32-24(28)26-19-12-6-3-7-13-19)17-31-23(27)25-18-10-4-2-5-11-18/h2-15,20H,16-17H2,1H3,(H,25,27)(H,26,28)/t20-/m0/s1. The lowest BCUT2D eigenvalue weighted by atomic mass is 10.3. The lowest BCUT2D eigenvalue weighted by molar-refractivity contribution is 0.0284. The first-order valence-corrected chi connectivity index (χ1v) is 9.91. The van der Waals surface area contributed by atoms with Crippen molar-refractivity contribution in [2.24, 2.45) is 0 Å². The van der Waals surface area contributed by atoms with Gasteiger partial charge in [-0.2, -0.15) is 0 Å². The molecule has 0 aliphatic heterocycles. The second-order valence-corrected chi connectivity index (χ2v) is 6.57. The number of ether oxygens (including phenoxy) is 4. The quantitative estimate of drug-likeness (QED) is 0.493. The van der Waals surface area contributed by atoms with Crippen LogP contribution in [-0.4, -0.2) is 38.6 Å². The molecule has 0 spiro atoms. The van der Waals surface area contributed by atoms with Crippen LogP contribution in [-0.2, 0) is 9.47 Å². The number of amides is 2. The Balaban J connectivity index is 1.60. The minimum Gasteiger partial charge on any atom is -0.493 e. The van der Waals surface area contributed by atoms with Gasteiger partial charge in [0.2, 0.25) is 0 Å². The largest absolute Gasteiger partial charge is 0.493 e. The van der Waals surface area contributed by atoms with Crippen molar-refractivity contribution in [3.63, 3.8) is 0 Å². The molecule has 8 nitrogen and oxygen atoms in total. The Morgan fingerprint density at radius 1 is 0.719 bits per heavy atom. The number of methoxy groups -OCH3 is 1. The number of benzene rings is 3. The van der Waals surface area contributed by atoms with E-state index in [9.17, 15) is 9.59 Å².